The average molecular weight is 274 g/mol. The Balaban J connectivity index is 2.15. The Labute approximate surface area is 120 Å². The van der Waals surface area contributed by atoms with Gasteiger partial charge >= 0.3 is 0 Å². The van der Waals surface area contributed by atoms with Gasteiger partial charge in [-0.15, -0.1) is 0 Å². The van der Waals surface area contributed by atoms with Crippen LogP contribution in [0.3, 0.4) is 0 Å². The lowest BCUT2D eigenvalue weighted by Crippen LogP contribution is -2.10. The van der Waals surface area contributed by atoms with Gasteiger partial charge in [0.1, 0.15) is 0 Å². The normalized spacial score (nSPS) is 10.9. The first-order valence-corrected chi connectivity index (χ1v) is 6.83. The summed E-state index contributed by atoms with van der Waals surface area (Å²) in [5, 5.41) is 7.81. The molecule has 0 aliphatic rings. The minimum absolute atomic E-state index is 0.104. The third-order valence-corrected chi connectivity index (χ3v) is 3.23. The van der Waals surface area contributed by atoms with Gasteiger partial charge in [-0.05, 0) is 39.8 Å². The molecule has 5 heteroatoms. The number of nitrogens with zero attached hydrogens (tertiary/aromatic N) is 3. The summed E-state index contributed by atoms with van der Waals surface area (Å²) in [6.07, 6.45) is 1.84. The average Bonchev–Trinajstić information content (AvgIpc) is 2.62. The smallest absolute Gasteiger partial charge is 0.237 e. The highest BCUT2D eigenvalue weighted by molar-refractivity contribution is 5.52. The first kappa shape index (κ1) is 14.4. The number of nitrogens with one attached hydrogen (secondary N) is 1. The number of ether oxygens (including phenoxy) is 1. The second-order valence-corrected chi connectivity index (χ2v) is 5.15. The zero-order valence-corrected chi connectivity index (χ0v) is 12.8. The Morgan fingerprint density at radius 3 is 2.70 bits per heavy atom. The fraction of sp³-hybridized carbons (Fsp3) is 0.467. The van der Waals surface area contributed by atoms with Crippen molar-refractivity contribution in [2.24, 2.45) is 7.05 Å². The van der Waals surface area contributed by atoms with Crippen LogP contribution in [0.25, 0.3) is 0 Å². The molecular weight excluding hydrogens is 252 g/mol. The van der Waals surface area contributed by atoms with Crippen LogP contribution in [0.1, 0.15) is 30.8 Å². The molecule has 0 aliphatic heterocycles. The van der Waals surface area contributed by atoms with E-state index in [2.05, 4.69) is 22.3 Å². The second-order valence-electron chi connectivity index (χ2n) is 5.15. The minimum atomic E-state index is 0.104. The Kier molecular flexibility index (Phi) is 4.27. The molecule has 0 aromatic carbocycles. The maximum atomic E-state index is 5.70. The summed E-state index contributed by atoms with van der Waals surface area (Å²) in [6, 6.07) is 3.88. The van der Waals surface area contributed by atoms with E-state index in [-0.39, 0.29) is 6.10 Å². The molecule has 0 saturated carbocycles. The second kappa shape index (κ2) is 5.94. The number of rotatable bonds is 5. The highest BCUT2D eigenvalue weighted by atomic mass is 16.5. The Hall–Kier alpha value is -2.04. The number of aromatic nitrogens is 3. The van der Waals surface area contributed by atoms with Crippen molar-refractivity contribution < 1.29 is 4.74 Å². The van der Waals surface area contributed by atoms with Gasteiger partial charge < -0.3 is 10.1 Å². The van der Waals surface area contributed by atoms with Crippen molar-refractivity contribution in [2.75, 3.05) is 5.32 Å². The molecule has 20 heavy (non-hydrogen) atoms. The Bertz CT molecular complexity index is 590. The maximum absolute atomic E-state index is 5.70. The fourth-order valence-corrected chi connectivity index (χ4v) is 2.10. The van der Waals surface area contributed by atoms with E-state index in [9.17, 15) is 0 Å². The lowest BCUT2D eigenvalue weighted by molar-refractivity contribution is 0.234. The molecule has 0 atom stereocenters. The molecule has 0 saturated heterocycles. The van der Waals surface area contributed by atoms with Gasteiger partial charge in [0.2, 0.25) is 5.88 Å². The van der Waals surface area contributed by atoms with Gasteiger partial charge in [-0.2, -0.15) is 5.10 Å². The summed E-state index contributed by atoms with van der Waals surface area (Å²) >= 11 is 0. The van der Waals surface area contributed by atoms with Gasteiger partial charge in [0.15, 0.2) is 0 Å². The summed E-state index contributed by atoms with van der Waals surface area (Å²) in [7, 11) is 1.96. The zero-order valence-electron chi connectivity index (χ0n) is 12.8. The molecule has 0 unspecified atom stereocenters. The predicted molar refractivity (Wildman–Crippen MR) is 80.0 cm³/mol. The zero-order chi connectivity index (χ0) is 14.7. The molecule has 2 aromatic heterocycles. The number of hydrogen-bond acceptors (Lipinski definition) is 4. The van der Waals surface area contributed by atoms with Gasteiger partial charge in [-0.25, -0.2) is 4.98 Å². The first-order chi connectivity index (χ1) is 9.49. The van der Waals surface area contributed by atoms with Gasteiger partial charge in [0.05, 0.1) is 17.5 Å². The van der Waals surface area contributed by atoms with Crippen LogP contribution in [0.15, 0.2) is 18.3 Å². The topological polar surface area (TPSA) is 52.0 Å². The van der Waals surface area contributed by atoms with Gasteiger partial charge in [0, 0.05) is 31.0 Å². The first-order valence-electron chi connectivity index (χ1n) is 6.83. The molecule has 0 amide bonds. The lowest BCUT2D eigenvalue weighted by atomic mass is 10.2. The number of anilines is 1. The third kappa shape index (κ3) is 3.10. The largest absolute Gasteiger partial charge is 0.473 e. The maximum Gasteiger partial charge on any atom is 0.237 e. The Morgan fingerprint density at radius 1 is 1.35 bits per heavy atom. The van der Waals surface area contributed by atoms with Crippen molar-refractivity contribution in [3.05, 3.63) is 35.3 Å². The molecule has 5 nitrogen and oxygen atoms in total. The van der Waals surface area contributed by atoms with E-state index < -0.39 is 0 Å². The molecule has 0 fully saturated rings. The standard InChI is InChI=1S/C15H22N4O/c1-10(2)20-15-14(7-6-8-16-15)17-9-13-11(3)18-19(5)12(13)4/h6-8,10,17H,9H2,1-5H3. The quantitative estimate of drug-likeness (QED) is 0.911. The van der Waals surface area contributed by atoms with Crippen LogP contribution >= 0.6 is 0 Å². The van der Waals surface area contributed by atoms with Crippen LogP contribution in [0, 0.1) is 13.8 Å². The Morgan fingerprint density at radius 2 is 2.10 bits per heavy atom. The molecule has 2 aromatic rings. The molecule has 0 radical (unpaired) electrons. The summed E-state index contributed by atoms with van der Waals surface area (Å²) in [4.78, 5) is 4.28. The van der Waals surface area contributed by atoms with Crippen LogP contribution < -0.4 is 10.1 Å². The van der Waals surface area contributed by atoms with Crippen LogP contribution in [0.4, 0.5) is 5.69 Å². The van der Waals surface area contributed by atoms with Crippen molar-refractivity contribution in [1.29, 1.82) is 0 Å². The highest BCUT2D eigenvalue weighted by Gasteiger charge is 2.11. The molecule has 0 aliphatic carbocycles. The van der Waals surface area contributed by atoms with Crippen LogP contribution in [-0.2, 0) is 13.6 Å². The van der Waals surface area contributed by atoms with Gasteiger partial charge in [0.25, 0.3) is 0 Å². The van der Waals surface area contributed by atoms with E-state index in [1.807, 2.05) is 44.6 Å². The van der Waals surface area contributed by atoms with Crippen LogP contribution in [-0.4, -0.2) is 20.9 Å². The molecular formula is C15H22N4O. The van der Waals surface area contributed by atoms with Gasteiger partial charge in [-0.3, -0.25) is 4.68 Å². The van der Waals surface area contributed by atoms with E-state index in [4.69, 9.17) is 4.74 Å². The van der Waals surface area contributed by atoms with Crippen molar-refractivity contribution in [1.82, 2.24) is 14.8 Å². The molecule has 2 heterocycles. The van der Waals surface area contributed by atoms with Crippen molar-refractivity contribution >= 4 is 5.69 Å². The molecule has 1 N–H and O–H groups in total. The molecule has 0 bridgehead atoms. The summed E-state index contributed by atoms with van der Waals surface area (Å²) in [5.41, 5.74) is 4.34. The summed E-state index contributed by atoms with van der Waals surface area (Å²) < 4.78 is 7.61. The molecule has 108 valence electrons. The predicted octanol–water partition coefficient (Wildman–Crippen LogP) is 2.83. The summed E-state index contributed by atoms with van der Waals surface area (Å²) in [6.45, 7) is 8.80. The van der Waals surface area contributed by atoms with Gasteiger partial charge in [-0.1, -0.05) is 0 Å². The van der Waals surface area contributed by atoms with Crippen molar-refractivity contribution in [3.63, 3.8) is 0 Å². The number of aryl methyl sites for hydroxylation is 2. The molecule has 2 rings (SSSR count). The third-order valence-electron chi connectivity index (χ3n) is 3.23. The molecule has 0 spiro atoms. The SMILES string of the molecule is Cc1nn(C)c(C)c1CNc1cccnc1OC(C)C. The lowest BCUT2D eigenvalue weighted by Gasteiger charge is -2.14. The van der Waals surface area contributed by atoms with Crippen molar-refractivity contribution in [3.8, 4) is 5.88 Å². The van der Waals surface area contributed by atoms with Crippen LogP contribution in [0.5, 0.6) is 5.88 Å². The minimum Gasteiger partial charge on any atom is -0.473 e. The van der Waals surface area contributed by atoms with E-state index in [0.29, 0.717) is 12.4 Å². The number of hydrogen-bond donors (Lipinski definition) is 1. The number of pyridine rings is 1. The monoisotopic (exact) mass is 274 g/mol. The fourth-order valence-electron chi connectivity index (χ4n) is 2.10. The van der Waals surface area contributed by atoms with Crippen LogP contribution in [0.2, 0.25) is 0 Å². The van der Waals surface area contributed by atoms with E-state index in [1.165, 1.54) is 11.3 Å². The van der Waals surface area contributed by atoms with Crippen molar-refractivity contribution in [2.45, 2.75) is 40.3 Å². The van der Waals surface area contributed by atoms with E-state index in [0.717, 1.165) is 11.4 Å². The van der Waals surface area contributed by atoms with E-state index >= 15 is 0 Å². The van der Waals surface area contributed by atoms with E-state index in [1.54, 1.807) is 6.20 Å². The highest BCUT2D eigenvalue weighted by Crippen LogP contribution is 2.23. The summed E-state index contributed by atoms with van der Waals surface area (Å²) in [5.74, 6) is 0.640.